The van der Waals surface area contributed by atoms with E-state index in [9.17, 15) is 4.57 Å². The van der Waals surface area contributed by atoms with E-state index in [-0.39, 0.29) is 13.2 Å². The van der Waals surface area contributed by atoms with Gasteiger partial charge in [0.2, 0.25) is 4.57 Å². The minimum absolute atomic E-state index is 0.265. The van der Waals surface area contributed by atoms with Crippen LogP contribution >= 0.6 is 23.5 Å². The molecule has 0 radical (unpaired) electrons. The highest BCUT2D eigenvalue weighted by Crippen LogP contribution is 2.55. The highest BCUT2D eigenvalue weighted by atomic mass is 79.9. The van der Waals surface area contributed by atoms with E-state index in [4.69, 9.17) is 14.3 Å². The molecule has 0 saturated carbocycles. The zero-order chi connectivity index (χ0) is 9.61. The second kappa shape index (κ2) is 5.71. The molecule has 0 aliphatic carbocycles. The molecule has 0 spiro atoms. The Morgan fingerprint density at radius 1 is 1.50 bits per heavy atom. The molecule has 0 saturated heterocycles. The van der Waals surface area contributed by atoms with Crippen molar-refractivity contribution in [2.45, 2.75) is 18.4 Å². The molecule has 0 rings (SSSR count). The summed E-state index contributed by atoms with van der Waals surface area (Å²) in [4.78, 5) is 0. The normalized spacial score (nSPS) is 13.8. The molecule has 0 fully saturated rings. The maximum atomic E-state index is 11.6. The number of hydrogen-bond donors (Lipinski definition) is 0. The lowest BCUT2D eigenvalue weighted by Gasteiger charge is -2.16. The third-order valence-electron chi connectivity index (χ3n) is 1.00. The Kier molecular flexibility index (Phi) is 5.77. The van der Waals surface area contributed by atoms with Crippen molar-refractivity contribution in [3.8, 4) is 6.07 Å². The topological polar surface area (TPSA) is 59.3 Å². The van der Waals surface area contributed by atoms with Gasteiger partial charge in [0.05, 0.1) is 19.3 Å². The first-order valence-corrected chi connectivity index (χ1v) is 6.06. The number of rotatable bonds is 5. The van der Waals surface area contributed by atoms with Gasteiger partial charge in [0, 0.05) is 0 Å². The molecule has 0 heterocycles. The summed E-state index contributed by atoms with van der Waals surface area (Å²) in [7, 11) is -3.25. The second-order valence-corrected chi connectivity index (χ2v) is 5.58. The van der Waals surface area contributed by atoms with Gasteiger partial charge in [-0.1, -0.05) is 15.9 Å². The van der Waals surface area contributed by atoms with Crippen LogP contribution in [0.5, 0.6) is 0 Å². The molecule has 0 amide bonds. The molecule has 0 bridgehead atoms. The van der Waals surface area contributed by atoms with E-state index < -0.39 is 12.2 Å². The third kappa shape index (κ3) is 3.24. The van der Waals surface area contributed by atoms with Crippen LogP contribution in [0.15, 0.2) is 0 Å². The summed E-state index contributed by atoms with van der Waals surface area (Å²) in [5, 5.41) is 8.49. The van der Waals surface area contributed by atoms with Gasteiger partial charge >= 0.3 is 7.60 Å². The molecular weight excluding hydrogens is 245 g/mol. The first-order chi connectivity index (χ1) is 5.60. The molecule has 0 N–H and O–H groups in total. The van der Waals surface area contributed by atoms with Crippen molar-refractivity contribution in [2.75, 3.05) is 13.2 Å². The van der Waals surface area contributed by atoms with Gasteiger partial charge in [0.25, 0.3) is 0 Å². The summed E-state index contributed by atoms with van der Waals surface area (Å²) in [5.74, 6) is 0. The Hall–Kier alpha value is 0.120. The van der Waals surface area contributed by atoms with Gasteiger partial charge in [0.1, 0.15) is 0 Å². The Morgan fingerprint density at radius 2 is 1.92 bits per heavy atom. The van der Waals surface area contributed by atoms with E-state index in [1.54, 1.807) is 19.9 Å². The smallest absolute Gasteiger partial charge is 0.307 e. The molecule has 0 aromatic heterocycles. The van der Waals surface area contributed by atoms with Crippen LogP contribution in [-0.2, 0) is 13.6 Å². The summed E-state index contributed by atoms with van der Waals surface area (Å²) in [5.41, 5.74) is 0. The van der Waals surface area contributed by atoms with Gasteiger partial charge in [0.15, 0.2) is 0 Å². The number of nitriles is 1. The molecule has 1 atom stereocenters. The number of halogens is 1. The summed E-state index contributed by atoms with van der Waals surface area (Å²) in [6, 6.07) is 1.78. The molecule has 0 aliphatic rings. The van der Waals surface area contributed by atoms with E-state index in [1.165, 1.54) is 0 Å². The molecule has 12 heavy (non-hydrogen) atoms. The summed E-state index contributed by atoms with van der Waals surface area (Å²) >= 11 is 2.93. The zero-order valence-corrected chi connectivity index (χ0v) is 9.47. The van der Waals surface area contributed by atoms with Gasteiger partial charge in [-0.2, -0.15) is 5.26 Å². The Labute approximate surface area is 80.5 Å². The average molecular weight is 256 g/mol. The molecule has 4 nitrogen and oxygen atoms in total. The fourth-order valence-corrected chi connectivity index (χ4v) is 2.51. The highest BCUT2D eigenvalue weighted by Gasteiger charge is 2.33. The highest BCUT2D eigenvalue weighted by molar-refractivity contribution is 9.10. The predicted octanol–water partition coefficient (Wildman–Crippen LogP) is 2.50. The van der Waals surface area contributed by atoms with Crippen LogP contribution in [-0.4, -0.2) is 17.8 Å². The van der Waals surface area contributed by atoms with Crippen LogP contribution in [0.2, 0.25) is 0 Å². The van der Waals surface area contributed by atoms with Crippen molar-refractivity contribution < 1.29 is 13.6 Å². The third-order valence-corrected chi connectivity index (χ3v) is 4.62. The second-order valence-electron chi connectivity index (χ2n) is 1.84. The first-order valence-electron chi connectivity index (χ1n) is 3.53. The Morgan fingerprint density at radius 3 is 2.17 bits per heavy atom. The average Bonchev–Trinajstić information content (AvgIpc) is 2.04. The minimum atomic E-state index is -3.25. The van der Waals surface area contributed by atoms with Crippen LogP contribution in [0.1, 0.15) is 13.8 Å². The van der Waals surface area contributed by atoms with Crippen molar-refractivity contribution in [1.82, 2.24) is 0 Å². The summed E-state index contributed by atoms with van der Waals surface area (Å²) in [6.07, 6.45) is 0. The lowest BCUT2D eigenvalue weighted by atomic mass is 10.9. The maximum absolute atomic E-state index is 11.6. The molecule has 0 aromatic carbocycles. The summed E-state index contributed by atoms with van der Waals surface area (Å²) < 4.78 is 20.5. The SMILES string of the molecule is CCOP(=O)(OCC)C(Br)C#N. The monoisotopic (exact) mass is 255 g/mol. The molecule has 0 aromatic rings. The molecule has 6 heteroatoms. The lowest BCUT2D eigenvalue weighted by molar-refractivity contribution is 0.221. The van der Waals surface area contributed by atoms with Crippen LogP contribution in [0.3, 0.4) is 0 Å². The van der Waals surface area contributed by atoms with Gasteiger partial charge in [-0.25, -0.2) is 0 Å². The van der Waals surface area contributed by atoms with Crippen LogP contribution < -0.4 is 0 Å². The number of hydrogen-bond acceptors (Lipinski definition) is 4. The number of nitrogens with zero attached hydrogens (tertiary/aromatic N) is 1. The van der Waals surface area contributed by atoms with Crippen LogP contribution in [0.25, 0.3) is 0 Å². The van der Waals surface area contributed by atoms with Crippen molar-refractivity contribution >= 4 is 23.5 Å². The minimum Gasteiger partial charge on any atom is -0.307 e. The van der Waals surface area contributed by atoms with E-state index >= 15 is 0 Å². The molecular formula is C6H11BrNO3P. The van der Waals surface area contributed by atoms with Gasteiger partial charge < -0.3 is 9.05 Å². The van der Waals surface area contributed by atoms with Gasteiger partial charge in [-0.15, -0.1) is 0 Å². The molecule has 70 valence electrons. The number of alkyl halides is 1. The van der Waals surface area contributed by atoms with Crippen molar-refractivity contribution in [1.29, 1.82) is 5.26 Å². The van der Waals surface area contributed by atoms with E-state index in [2.05, 4.69) is 15.9 Å². The molecule has 1 unspecified atom stereocenters. The predicted molar refractivity (Wildman–Crippen MR) is 49.2 cm³/mol. The van der Waals surface area contributed by atoms with Crippen LogP contribution in [0, 0.1) is 11.3 Å². The fraction of sp³-hybridized carbons (Fsp3) is 0.833. The van der Waals surface area contributed by atoms with Crippen LogP contribution in [0.4, 0.5) is 0 Å². The van der Waals surface area contributed by atoms with E-state index in [1.807, 2.05) is 0 Å². The quantitative estimate of drug-likeness (QED) is 0.560. The van der Waals surface area contributed by atoms with E-state index in [0.717, 1.165) is 0 Å². The maximum Gasteiger partial charge on any atom is 0.358 e. The first kappa shape index (κ1) is 12.1. The van der Waals surface area contributed by atoms with Crippen molar-refractivity contribution in [2.24, 2.45) is 0 Å². The fourth-order valence-electron chi connectivity index (χ4n) is 0.599. The van der Waals surface area contributed by atoms with Gasteiger partial charge in [-0.3, -0.25) is 4.57 Å². The van der Waals surface area contributed by atoms with Crippen molar-refractivity contribution in [3.63, 3.8) is 0 Å². The zero-order valence-electron chi connectivity index (χ0n) is 6.99. The summed E-state index contributed by atoms with van der Waals surface area (Å²) in [6.45, 7) is 3.92. The lowest BCUT2D eigenvalue weighted by Crippen LogP contribution is -2.04. The largest absolute Gasteiger partial charge is 0.358 e. The Balaban J connectivity index is 4.40. The standard InChI is InChI=1S/C6H11BrNO3P/c1-3-10-12(9,11-4-2)6(7)5-8/h6H,3-4H2,1-2H3. The van der Waals surface area contributed by atoms with E-state index in [0.29, 0.717) is 0 Å². The molecule has 0 aliphatic heterocycles. The Bertz CT molecular complexity index is 205. The van der Waals surface area contributed by atoms with Crippen molar-refractivity contribution in [3.05, 3.63) is 0 Å². The van der Waals surface area contributed by atoms with Gasteiger partial charge in [-0.05, 0) is 13.8 Å².